The van der Waals surface area contributed by atoms with E-state index in [9.17, 15) is 4.79 Å². The minimum atomic E-state index is -0.116. The maximum absolute atomic E-state index is 12.8. The molecule has 1 aliphatic rings. The van der Waals surface area contributed by atoms with Gasteiger partial charge in [0.15, 0.2) is 5.69 Å². The van der Waals surface area contributed by atoms with Gasteiger partial charge in [-0.1, -0.05) is 30.3 Å². The van der Waals surface area contributed by atoms with Gasteiger partial charge in [-0.2, -0.15) is 10.2 Å². The van der Waals surface area contributed by atoms with E-state index in [1.54, 1.807) is 23.3 Å². The van der Waals surface area contributed by atoms with E-state index in [-0.39, 0.29) is 11.9 Å². The number of carbonyl (C=O) groups is 1. The van der Waals surface area contributed by atoms with Crippen LogP contribution in [0.2, 0.25) is 0 Å². The summed E-state index contributed by atoms with van der Waals surface area (Å²) in [6, 6.07) is 12.3. The van der Waals surface area contributed by atoms with Crippen LogP contribution in [0.4, 0.5) is 0 Å². The molecule has 3 heterocycles. The van der Waals surface area contributed by atoms with Crippen molar-refractivity contribution in [3.63, 3.8) is 0 Å². The third-order valence-electron chi connectivity index (χ3n) is 6.05. The van der Waals surface area contributed by atoms with Crippen molar-refractivity contribution >= 4 is 5.91 Å². The molecule has 0 radical (unpaired) electrons. The van der Waals surface area contributed by atoms with Gasteiger partial charge in [-0.25, -0.2) is 0 Å². The normalized spacial score (nSPS) is 18.4. The topological polar surface area (TPSA) is 90.5 Å². The zero-order chi connectivity index (χ0) is 21.9. The van der Waals surface area contributed by atoms with Gasteiger partial charge in [0.1, 0.15) is 0 Å². The molecule has 5 rings (SSSR count). The molecule has 1 aromatic carbocycles. The summed E-state index contributed by atoms with van der Waals surface area (Å²) >= 11 is 0. The molecule has 0 aliphatic heterocycles. The second-order valence-corrected chi connectivity index (χ2v) is 8.18. The molecule has 162 valence electrons. The maximum atomic E-state index is 12.8. The van der Waals surface area contributed by atoms with Crippen LogP contribution in [-0.4, -0.2) is 41.5 Å². The molecule has 8 heteroatoms. The van der Waals surface area contributed by atoms with Gasteiger partial charge in [-0.15, -0.1) is 0 Å². The summed E-state index contributed by atoms with van der Waals surface area (Å²) < 4.78 is 3.78. The number of aromatic nitrogens is 6. The van der Waals surface area contributed by atoms with Crippen molar-refractivity contribution < 1.29 is 4.79 Å². The number of nitrogens with one attached hydrogen (secondary N) is 1. The first-order valence-corrected chi connectivity index (χ1v) is 10.9. The number of rotatable bonds is 5. The van der Waals surface area contributed by atoms with Crippen LogP contribution in [0.3, 0.4) is 0 Å². The predicted octanol–water partition coefficient (Wildman–Crippen LogP) is 3.65. The molecular formula is C24H25N7O. The lowest BCUT2D eigenvalue weighted by Gasteiger charge is -2.29. The first kappa shape index (κ1) is 20.1. The third kappa shape index (κ3) is 4.16. The maximum Gasteiger partial charge on any atom is 0.272 e. The van der Waals surface area contributed by atoms with Crippen molar-refractivity contribution in [2.24, 2.45) is 7.05 Å². The summed E-state index contributed by atoms with van der Waals surface area (Å²) in [5.41, 5.74) is 4.22. The molecule has 32 heavy (non-hydrogen) atoms. The molecule has 1 saturated carbocycles. The molecule has 0 atom stereocenters. The Kier molecular flexibility index (Phi) is 5.49. The van der Waals surface area contributed by atoms with Gasteiger partial charge in [0.25, 0.3) is 5.91 Å². The van der Waals surface area contributed by atoms with E-state index in [2.05, 4.69) is 25.5 Å². The second-order valence-electron chi connectivity index (χ2n) is 8.18. The van der Waals surface area contributed by atoms with Crippen LogP contribution in [0.1, 0.15) is 42.2 Å². The Morgan fingerprint density at radius 1 is 1.03 bits per heavy atom. The average Bonchev–Trinajstić information content (AvgIpc) is 3.48. The average molecular weight is 428 g/mol. The predicted molar refractivity (Wildman–Crippen MR) is 121 cm³/mol. The van der Waals surface area contributed by atoms with Gasteiger partial charge in [-0.05, 0) is 37.3 Å². The lowest BCUT2D eigenvalue weighted by molar-refractivity contribution is 0.0916. The standard InChI is InChI=1S/C24H25N7O/c1-30-23(17-5-3-2-4-6-17)13-21(29-30)24(32)28-19-7-9-20(10-8-19)31-16-18(14-27-31)22-15-25-11-12-26-22/h2-6,11-16,19-20H,7-10H2,1H3,(H,28,32). The summed E-state index contributed by atoms with van der Waals surface area (Å²) in [7, 11) is 1.86. The van der Waals surface area contributed by atoms with Gasteiger partial charge < -0.3 is 5.32 Å². The Labute approximate surface area is 186 Å². The number of hydrogen-bond acceptors (Lipinski definition) is 5. The fourth-order valence-electron chi connectivity index (χ4n) is 4.32. The lowest BCUT2D eigenvalue weighted by Crippen LogP contribution is -2.38. The first-order valence-electron chi connectivity index (χ1n) is 10.9. The quantitative estimate of drug-likeness (QED) is 0.525. The number of aryl methyl sites for hydroxylation is 1. The minimum absolute atomic E-state index is 0.116. The van der Waals surface area contributed by atoms with Crippen molar-refractivity contribution in [3.8, 4) is 22.5 Å². The van der Waals surface area contributed by atoms with Crippen molar-refractivity contribution in [2.75, 3.05) is 0 Å². The van der Waals surface area contributed by atoms with Gasteiger partial charge >= 0.3 is 0 Å². The first-order chi connectivity index (χ1) is 15.7. The van der Waals surface area contributed by atoms with Crippen molar-refractivity contribution in [1.29, 1.82) is 0 Å². The van der Waals surface area contributed by atoms with Gasteiger partial charge in [0.05, 0.1) is 29.8 Å². The Morgan fingerprint density at radius 2 is 1.84 bits per heavy atom. The Bertz CT molecular complexity index is 1190. The van der Waals surface area contributed by atoms with Crippen molar-refractivity contribution in [3.05, 3.63) is 73.1 Å². The number of benzene rings is 1. The Balaban J connectivity index is 1.19. The van der Waals surface area contributed by atoms with E-state index < -0.39 is 0 Å². The van der Waals surface area contributed by atoms with Crippen molar-refractivity contribution in [2.45, 2.75) is 37.8 Å². The monoisotopic (exact) mass is 427 g/mol. The number of nitrogens with zero attached hydrogens (tertiary/aromatic N) is 6. The number of hydrogen-bond donors (Lipinski definition) is 1. The molecule has 8 nitrogen and oxygen atoms in total. The third-order valence-corrected chi connectivity index (χ3v) is 6.05. The van der Waals surface area contributed by atoms with Gasteiger partial charge in [0, 0.05) is 37.2 Å². The lowest BCUT2D eigenvalue weighted by atomic mass is 9.91. The zero-order valence-corrected chi connectivity index (χ0v) is 17.9. The molecule has 1 aliphatic carbocycles. The highest BCUT2D eigenvalue weighted by atomic mass is 16.2. The van der Waals surface area contributed by atoms with E-state index in [0.29, 0.717) is 11.7 Å². The van der Waals surface area contributed by atoms with Crippen LogP contribution in [0.25, 0.3) is 22.5 Å². The number of amides is 1. The van der Waals surface area contributed by atoms with Crippen LogP contribution in [0, 0.1) is 0 Å². The van der Waals surface area contributed by atoms with Crippen LogP contribution >= 0.6 is 0 Å². The Morgan fingerprint density at radius 3 is 2.59 bits per heavy atom. The highest BCUT2D eigenvalue weighted by molar-refractivity contribution is 5.93. The highest BCUT2D eigenvalue weighted by Crippen LogP contribution is 2.29. The second kappa shape index (κ2) is 8.74. The van der Waals surface area contributed by atoms with E-state index in [1.807, 2.05) is 60.5 Å². The summed E-state index contributed by atoms with van der Waals surface area (Å²) in [5, 5.41) is 12.1. The smallest absolute Gasteiger partial charge is 0.272 e. The van der Waals surface area contributed by atoms with E-state index >= 15 is 0 Å². The van der Waals surface area contributed by atoms with E-state index in [1.165, 1.54) is 0 Å². The van der Waals surface area contributed by atoms with E-state index in [4.69, 9.17) is 0 Å². The summed E-state index contributed by atoms with van der Waals surface area (Å²) in [5.74, 6) is -0.116. The molecule has 0 saturated heterocycles. The van der Waals surface area contributed by atoms with Crippen molar-refractivity contribution in [1.82, 2.24) is 34.8 Å². The zero-order valence-electron chi connectivity index (χ0n) is 17.9. The molecule has 1 fully saturated rings. The van der Waals surface area contributed by atoms with E-state index in [0.717, 1.165) is 48.2 Å². The highest BCUT2D eigenvalue weighted by Gasteiger charge is 2.25. The fourth-order valence-corrected chi connectivity index (χ4v) is 4.32. The van der Waals surface area contributed by atoms with Crippen LogP contribution in [0.15, 0.2) is 67.4 Å². The molecular weight excluding hydrogens is 402 g/mol. The fraction of sp³-hybridized carbons (Fsp3) is 0.292. The summed E-state index contributed by atoms with van der Waals surface area (Å²) in [6.45, 7) is 0. The molecule has 1 amide bonds. The number of carbonyl (C=O) groups excluding carboxylic acids is 1. The summed E-state index contributed by atoms with van der Waals surface area (Å²) in [6.07, 6.45) is 12.7. The SMILES string of the molecule is Cn1nc(C(=O)NC2CCC(n3cc(-c4cnccn4)cn3)CC2)cc1-c1ccccc1. The van der Waals surface area contributed by atoms with Crippen LogP contribution in [0.5, 0.6) is 0 Å². The Hall–Kier alpha value is -3.81. The van der Waals surface area contributed by atoms with Gasteiger partial charge in [-0.3, -0.25) is 24.1 Å². The molecule has 0 bridgehead atoms. The molecule has 0 spiro atoms. The minimum Gasteiger partial charge on any atom is -0.348 e. The summed E-state index contributed by atoms with van der Waals surface area (Å²) in [4.78, 5) is 21.3. The largest absolute Gasteiger partial charge is 0.348 e. The molecule has 4 aromatic rings. The van der Waals surface area contributed by atoms with Crippen LogP contribution < -0.4 is 5.32 Å². The van der Waals surface area contributed by atoms with Gasteiger partial charge in [0.2, 0.25) is 0 Å². The molecule has 1 N–H and O–H groups in total. The molecule has 3 aromatic heterocycles. The molecule has 0 unspecified atom stereocenters. The van der Waals surface area contributed by atoms with Crippen LogP contribution in [-0.2, 0) is 7.05 Å².